The summed E-state index contributed by atoms with van der Waals surface area (Å²) in [6.07, 6.45) is 2.24. The molecule has 0 bridgehead atoms. The van der Waals surface area contributed by atoms with Gasteiger partial charge in [-0.25, -0.2) is 0 Å². The van der Waals surface area contributed by atoms with Crippen LogP contribution in [0.5, 0.6) is 0 Å². The number of benzene rings is 1. The SMILES string of the molecule is Cn1ccc(NC(=O)C2CCN(c3cccc(Br)c3)C2=O)n1. The minimum absolute atomic E-state index is 0.175. The maximum Gasteiger partial charge on any atom is 0.239 e. The summed E-state index contributed by atoms with van der Waals surface area (Å²) in [5.74, 6) is -0.685. The van der Waals surface area contributed by atoms with Crippen molar-refractivity contribution in [3.63, 3.8) is 0 Å². The number of carbonyl (C=O) groups excluding carboxylic acids is 2. The summed E-state index contributed by atoms with van der Waals surface area (Å²) >= 11 is 3.39. The zero-order valence-corrected chi connectivity index (χ0v) is 13.6. The first-order chi connectivity index (χ1) is 10.5. The highest BCUT2D eigenvalue weighted by Crippen LogP contribution is 2.28. The van der Waals surface area contributed by atoms with Crippen molar-refractivity contribution in [1.82, 2.24) is 9.78 Å². The van der Waals surface area contributed by atoms with Crippen LogP contribution in [0.3, 0.4) is 0 Å². The fraction of sp³-hybridized carbons (Fsp3) is 0.267. The molecule has 1 atom stereocenters. The molecule has 7 heteroatoms. The van der Waals surface area contributed by atoms with Gasteiger partial charge in [-0.15, -0.1) is 0 Å². The lowest BCUT2D eigenvalue weighted by Gasteiger charge is -2.16. The number of nitrogens with one attached hydrogen (secondary N) is 1. The Morgan fingerprint density at radius 2 is 2.23 bits per heavy atom. The molecule has 114 valence electrons. The van der Waals surface area contributed by atoms with Crippen LogP contribution in [0.2, 0.25) is 0 Å². The quantitative estimate of drug-likeness (QED) is 0.850. The van der Waals surface area contributed by atoms with E-state index in [1.165, 1.54) is 0 Å². The molecule has 22 heavy (non-hydrogen) atoms. The monoisotopic (exact) mass is 362 g/mol. The van der Waals surface area contributed by atoms with E-state index in [-0.39, 0.29) is 11.8 Å². The first kappa shape index (κ1) is 14.8. The van der Waals surface area contributed by atoms with Gasteiger partial charge in [0.25, 0.3) is 0 Å². The summed E-state index contributed by atoms with van der Waals surface area (Å²) in [4.78, 5) is 26.4. The smallest absolute Gasteiger partial charge is 0.239 e. The van der Waals surface area contributed by atoms with Crippen molar-refractivity contribution in [2.45, 2.75) is 6.42 Å². The highest BCUT2D eigenvalue weighted by atomic mass is 79.9. The number of aromatic nitrogens is 2. The average Bonchev–Trinajstić information content (AvgIpc) is 3.05. The second-order valence-corrected chi connectivity index (χ2v) is 6.09. The molecule has 1 aromatic heterocycles. The first-order valence-corrected chi connectivity index (χ1v) is 7.71. The van der Waals surface area contributed by atoms with E-state index in [1.807, 2.05) is 24.3 Å². The molecule has 0 radical (unpaired) electrons. The van der Waals surface area contributed by atoms with Gasteiger partial charge in [-0.1, -0.05) is 22.0 Å². The van der Waals surface area contributed by atoms with Gasteiger partial charge in [-0.2, -0.15) is 5.10 Å². The number of anilines is 2. The third-order valence-corrected chi connectivity index (χ3v) is 4.10. The number of halogens is 1. The van der Waals surface area contributed by atoms with Crippen LogP contribution < -0.4 is 10.2 Å². The van der Waals surface area contributed by atoms with Gasteiger partial charge in [0, 0.05) is 36.0 Å². The van der Waals surface area contributed by atoms with E-state index in [0.29, 0.717) is 18.8 Å². The molecule has 1 fully saturated rings. The molecule has 1 aliphatic heterocycles. The molecule has 0 saturated carbocycles. The van der Waals surface area contributed by atoms with Gasteiger partial charge in [0.1, 0.15) is 5.92 Å². The lowest BCUT2D eigenvalue weighted by Crippen LogP contribution is -2.33. The lowest BCUT2D eigenvalue weighted by atomic mass is 10.1. The van der Waals surface area contributed by atoms with Gasteiger partial charge in [0.2, 0.25) is 11.8 Å². The summed E-state index contributed by atoms with van der Waals surface area (Å²) in [6, 6.07) is 9.20. The fourth-order valence-corrected chi connectivity index (χ4v) is 2.91. The Kier molecular flexibility index (Phi) is 3.98. The number of hydrogen-bond acceptors (Lipinski definition) is 3. The number of aryl methyl sites for hydroxylation is 1. The Hall–Kier alpha value is -2.15. The summed E-state index contributed by atoms with van der Waals surface area (Å²) < 4.78 is 2.50. The molecule has 0 spiro atoms. The Morgan fingerprint density at radius 1 is 1.41 bits per heavy atom. The van der Waals surface area contributed by atoms with E-state index in [0.717, 1.165) is 10.2 Å². The second kappa shape index (κ2) is 5.92. The minimum atomic E-state index is -0.666. The van der Waals surface area contributed by atoms with Crippen molar-refractivity contribution in [2.24, 2.45) is 13.0 Å². The molecule has 0 aliphatic carbocycles. The van der Waals surface area contributed by atoms with Crippen LogP contribution in [-0.2, 0) is 16.6 Å². The van der Waals surface area contributed by atoms with Gasteiger partial charge in [-0.05, 0) is 24.6 Å². The van der Waals surface area contributed by atoms with Gasteiger partial charge >= 0.3 is 0 Å². The average molecular weight is 363 g/mol. The summed E-state index contributed by atoms with van der Waals surface area (Å²) in [7, 11) is 1.77. The Balaban J connectivity index is 1.72. The van der Waals surface area contributed by atoms with E-state index < -0.39 is 5.92 Å². The molecular weight excluding hydrogens is 348 g/mol. The van der Waals surface area contributed by atoms with Crippen LogP contribution in [0.4, 0.5) is 11.5 Å². The van der Waals surface area contributed by atoms with Crippen LogP contribution in [0.25, 0.3) is 0 Å². The lowest BCUT2D eigenvalue weighted by molar-refractivity contribution is -0.129. The van der Waals surface area contributed by atoms with Crippen molar-refractivity contribution in [3.05, 3.63) is 41.0 Å². The van der Waals surface area contributed by atoms with Crippen LogP contribution >= 0.6 is 15.9 Å². The number of rotatable bonds is 3. The molecule has 6 nitrogen and oxygen atoms in total. The molecule has 1 N–H and O–H groups in total. The first-order valence-electron chi connectivity index (χ1n) is 6.92. The van der Waals surface area contributed by atoms with E-state index in [4.69, 9.17) is 0 Å². The zero-order chi connectivity index (χ0) is 15.7. The number of hydrogen-bond donors (Lipinski definition) is 1. The van der Waals surface area contributed by atoms with E-state index in [9.17, 15) is 9.59 Å². The predicted molar refractivity (Wildman–Crippen MR) is 86.4 cm³/mol. The standard InChI is InChI=1S/C15H15BrN4O2/c1-19-7-6-13(18-19)17-14(21)12-5-8-20(15(12)22)11-4-2-3-10(16)9-11/h2-4,6-7,9,12H,5,8H2,1H3,(H,17,18,21). The molecule has 2 heterocycles. The number of carbonyl (C=O) groups is 2. The summed E-state index contributed by atoms with van der Waals surface area (Å²) in [5, 5.41) is 6.78. The molecule has 2 aromatic rings. The molecule has 3 rings (SSSR count). The Labute approximate surface area is 136 Å². The summed E-state index contributed by atoms with van der Waals surface area (Å²) in [6.45, 7) is 0.537. The maximum absolute atomic E-state index is 12.5. The molecule has 2 amide bonds. The molecule has 1 aliphatic rings. The fourth-order valence-electron chi connectivity index (χ4n) is 2.52. The Bertz CT molecular complexity index is 728. The van der Waals surface area contributed by atoms with Gasteiger partial charge in [0.05, 0.1) is 0 Å². The molecular formula is C15H15BrN4O2. The van der Waals surface area contributed by atoms with Crippen molar-refractivity contribution in [3.8, 4) is 0 Å². The molecule has 1 aromatic carbocycles. The number of nitrogens with zero attached hydrogens (tertiary/aromatic N) is 3. The Morgan fingerprint density at radius 3 is 2.91 bits per heavy atom. The van der Waals surface area contributed by atoms with Crippen molar-refractivity contribution in [1.29, 1.82) is 0 Å². The van der Waals surface area contributed by atoms with E-state index in [1.54, 1.807) is 28.9 Å². The highest BCUT2D eigenvalue weighted by Gasteiger charge is 2.37. The third kappa shape index (κ3) is 2.89. The van der Waals surface area contributed by atoms with Crippen LogP contribution in [0, 0.1) is 5.92 Å². The highest BCUT2D eigenvalue weighted by molar-refractivity contribution is 9.10. The second-order valence-electron chi connectivity index (χ2n) is 5.17. The van der Waals surface area contributed by atoms with E-state index in [2.05, 4.69) is 26.3 Å². The molecule has 1 saturated heterocycles. The predicted octanol–water partition coefficient (Wildman–Crippen LogP) is 2.17. The molecule has 1 unspecified atom stereocenters. The normalized spacial score (nSPS) is 17.8. The minimum Gasteiger partial charge on any atom is -0.312 e. The van der Waals surface area contributed by atoms with Crippen molar-refractivity contribution >= 4 is 39.2 Å². The zero-order valence-electron chi connectivity index (χ0n) is 12.0. The van der Waals surface area contributed by atoms with Gasteiger partial charge in [0.15, 0.2) is 5.82 Å². The van der Waals surface area contributed by atoms with Crippen LogP contribution in [0.15, 0.2) is 41.0 Å². The largest absolute Gasteiger partial charge is 0.312 e. The summed E-state index contributed by atoms with van der Waals surface area (Å²) in [5.41, 5.74) is 0.799. The van der Waals surface area contributed by atoms with Crippen LogP contribution in [-0.4, -0.2) is 28.1 Å². The van der Waals surface area contributed by atoms with Gasteiger partial charge < -0.3 is 10.2 Å². The van der Waals surface area contributed by atoms with Crippen molar-refractivity contribution in [2.75, 3.05) is 16.8 Å². The van der Waals surface area contributed by atoms with Crippen LogP contribution in [0.1, 0.15) is 6.42 Å². The third-order valence-electron chi connectivity index (χ3n) is 3.61. The van der Waals surface area contributed by atoms with Crippen molar-refractivity contribution < 1.29 is 9.59 Å². The topological polar surface area (TPSA) is 67.2 Å². The maximum atomic E-state index is 12.5. The van der Waals surface area contributed by atoms with E-state index >= 15 is 0 Å². The van der Waals surface area contributed by atoms with Gasteiger partial charge in [-0.3, -0.25) is 14.3 Å². The number of amides is 2.